The second kappa shape index (κ2) is 5.05. The van der Waals surface area contributed by atoms with Gasteiger partial charge in [-0.3, -0.25) is 0 Å². The molecule has 1 aromatic heterocycles. The van der Waals surface area contributed by atoms with E-state index in [0.717, 1.165) is 5.56 Å². The molecule has 0 spiro atoms. The van der Waals surface area contributed by atoms with Gasteiger partial charge in [-0.25, -0.2) is 9.37 Å². The number of rotatable bonds is 3. The van der Waals surface area contributed by atoms with E-state index in [0.29, 0.717) is 36.0 Å². The fourth-order valence-electron chi connectivity index (χ4n) is 2.28. The van der Waals surface area contributed by atoms with Crippen LogP contribution in [-0.4, -0.2) is 29.7 Å². The van der Waals surface area contributed by atoms with Crippen molar-refractivity contribution in [1.29, 1.82) is 0 Å². The standard InChI is InChI=1S/C14H14FN3O2/c1-19-12-2-3-17-14(18-12)11-6-9(15)4-8-5-10(7-16)20-13(8)11/h2-4,6,10H,5,7,16H2,1H3. The number of nitrogens with zero attached hydrogens (tertiary/aromatic N) is 2. The van der Waals surface area contributed by atoms with Crippen molar-refractivity contribution in [2.45, 2.75) is 12.5 Å². The largest absolute Gasteiger partial charge is 0.488 e. The van der Waals surface area contributed by atoms with E-state index in [2.05, 4.69) is 9.97 Å². The maximum absolute atomic E-state index is 13.7. The molecule has 5 nitrogen and oxygen atoms in total. The van der Waals surface area contributed by atoms with Crippen LogP contribution in [0.5, 0.6) is 11.6 Å². The fraction of sp³-hybridized carbons (Fsp3) is 0.286. The molecule has 0 radical (unpaired) electrons. The minimum Gasteiger partial charge on any atom is -0.488 e. The Balaban J connectivity index is 2.10. The van der Waals surface area contributed by atoms with Crippen LogP contribution < -0.4 is 15.2 Å². The third-order valence-corrected chi connectivity index (χ3v) is 3.21. The molecule has 1 atom stereocenters. The van der Waals surface area contributed by atoms with Crippen molar-refractivity contribution in [3.05, 3.63) is 35.8 Å². The number of benzene rings is 1. The number of methoxy groups -OCH3 is 1. The Morgan fingerprint density at radius 3 is 3.10 bits per heavy atom. The van der Waals surface area contributed by atoms with Crippen molar-refractivity contribution < 1.29 is 13.9 Å². The van der Waals surface area contributed by atoms with E-state index in [1.54, 1.807) is 12.3 Å². The lowest BCUT2D eigenvalue weighted by atomic mass is 10.1. The molecule has 104 valence electrons. The van der Waals surface area contributed by atoms with Crippen LogP contribution in [0, 0.1) is 5.82 Å². The molecule has 0 amide bonds. The lowest BCUT2D eigenvalue weighted by molar-refractivity contribution is 0.242. The number of fused-ring (bicyclic) bond motifs is 1. The van der Waals surface area contributed by atoms with E-state index in [1.165, 1.54) is 19.2 Å². The summed E-state index contributed by atoms with van der Waals surface area (Å²) >= 11 is 0. The van der Waals surface area contributed by atoms with Crippen LogP contribution in [-0.2, 0) is 6.42 Å². The summed E-state index contributed by atoms with van der Waals surface area (Å²) < 4.78 is 24.6. The fourth-order valence-corrected chi connectivity index (χ4v) is 2.28. The number of nitrogens with two attached hydrogens (primary N) is 1. The summed E-state index contributed by atoms with van der Waals surface area (Å²) in [5.41, 5.74) is 6.93. The first kappa shape index (κ1) is 12.8. The van der Waals surface area contributed by atoms with Gasteiger partial charge in [-0.05, 0) is 12.1 Å². The van der Waals surface area contributed by atoms with Crippen LogP contribution in [0.1, 0.15) is 5.56 Å². The lowest BCUT2D eigenvalue weighted by Gasteiger charge is -2.10. The van der Waals surface area contributed by atoms with E-state index in [4.69, 9.17) is 15.2 Å². The van der Waals surface area contributed by atoms with Gasteiger partial charge in [-0.15, -0.1) is 0 Å². The molecule has 2 heterocycles. The zero-order valence-corrected chi connectivity index (χ0v) is 11.0. The Morgan fingerprint density at radius 2 is 2.35 bits per heavy atom. The van der Waals surface area contributed by atoms with Crippen molar-refractivity contribution in [1.82, 2.24) is 9.97 Å². The van der Waals surface area contributed by atoms with Crippen LogP contribution >= 0.6 is 0 Å². The summed E-state index contributed by atoms with van der Waals surface area (Å²) in [7, 11) is 1.52. The molecule has 1 unspecified atom stereocenters. The minimum absolute atomic E-state index is 0.129. The van der Waals surface area contributed by atoms with E-state index in [-0.39, 0.29) is 11.9 Å². The van der Waals surface area contributed by atoms with Gasteiger partial charge < -0.3 is 15.2 Å². The zero-order valence-electron chi connectivity index (χ0n) is 11.0. The second-order valence-corrected chi connectivity index (χ2v) is 4.54. The predicted octanol–water partition coefficient (Wildman–Crippen LogP) is 1.55. The molecule has 1 aromatic carbocycles. The van der Waals surface area contributed by atoms with Gasteiger partial charge in [0, 0.05) is 30.8 Å². The van der Waals surface area contributed by atoms with Crippen LogP contribution in [0.15, 0.2) is 24.4 Å². The van der Waals surface area contributed by atoms with Gasteiger partial charge in [0.05, 0.1) is 12.7 Å². The third kappa shape index (κ3) is 2.18. The number of halogens is 1. The summed E-state index contributed by atoms with van der Waals surface area (Å²) in [6.07, 6.45) is 2.03. The summed E-state index contributed by atoms with van der Waals surface area (Å²) in [6.45, 7) is 0.384. The van der Waals surface area contributed by atoms with Crippen molar-refractivity contribution >= 4 is 0 Å². The van der Waals surface area contributed by atoms with E-state index >= 15 is 0 Å². The van der Waals surface area contributed by atoms with Gasteiger partial charge in [0.25, 0.3) is 0 Å². The quantitative estimate of drug-likeness (QED) is 0.920. The van der Waals surface area contributed by atoms with Crippen LogP contribution in [0.2, 0.25) is 0 Å². The molecule has 6 heteroatoms. The van der Waals surface area contributed by atoms with Gasteiger partial charge >= 0.3 is 0 Å². The molecule has 0 bridgehead atoms. The molecule has 0 aliphatic carbocycles. The predicted molar refractivity (Wildman–Crippen MR) is 71.2 cm³/mol. The minimum atomic E-state index is -0.341. The Hall–Kier alpha value is -2.21. The van der Waals surface area contributed by atoms with Crippen LogP contribution in [0.25, 0.3) is 11.4 Å². The molecule has 2 aromatic rings. The maximum Gasteiger partial charge on any atom is 0.216 e. The molecular formula is C14H14FN3O2. The Bertz CT molecular complexity index is 648. The van der Waals surface area contributed by atoms with Crippen molar-refractivity contribution in [2.75, 3.05) is 13.7 Å². The Kier molecular flexibility index (Phi) is 3.23. The molecule has 2 N–H and O–H groups in total. The van der Waals surface area contributed by atoms with E-state index < -0.39 is 0 Å². The molecule has 0 fully saturated rings. The summed E-state index contributed by atoms with van der Waals surface area (Å²) in [5, 5.41) is 0. The molecule has 0 saturated carbocycles. The second-order valence-electron chi connectivity index (χ2n) is 4.54. The first-order chi connectivity index (χ1) is 9.71. The first-order valence-corrected chi connectivity index (χ1v) is 6.28. The average Bonchev–Trinajstić information content (AvgIpc) is 2.89. The number of hydrogen-bond acceptors (Lipinski definition) is 5. The summed E-state index contributed by atoms with van der Waals surface area (Å²) in [5.74, 6) is 1.06. The van der Waals surface area contributed by atoms with Crippen LogP contribution in [0.4, 0.5) is 4.39 Å². The highest BCUT2D eigenvalue weighted by Gasteiger charge is 2.27. The highest BCUT2D eigenvalue weighted by Crippen LogP contribution is 2.38. The highest BCUT2D eigenvalue weighted by molar-refractivity contribution is 5.68. The molecular weight excluding hydrogens is 261 g/mol. The van der Waals surface area contributed by atoms with Crippen molar-refractivity contribution in [3.8, 4) is 23.0 Å². The monoisotopic (exact) mass is 275 g/mol. The molecule has 20 heavy (non-hydrogen) atoms. The molecule has 1 aliphatic heterocycles. The van der Waals surface area contributed by atoms with E-state index in [1.807, 2.05) is 0 Å². The third-order valence-electron chi connectivity index (χ3n) is 3.21. The Morgan fingerprint density at radius 1 is 1.50 bits per heavy atom. The smallest absolute Gasteiger partial charge is 0.216 e. The summed E-state index contributed by atoms with van der Waals surface area (Å²) in [4.78, 5) is 8.38. The number of aromatic nitrogens is 2. The lowest BCUT2D eigenvalue weighted by Crippen LogP contribution is -2.24. The Labute approximate surface area is 115 Å². The molecule has 1 aliphatic rings. The molecule has 3 rings (SSSR count). The zero-order chi connectivity index (χ0) is 14.1. The van der Waals surface area contributed by atoms with Gasteiger partial charge in [0.1, 0.15) is 17.7 Å². The number of hydrogen-bond donors (Lipinski definition) is 1. The highest BCUT2D eigenvalue weighted by atomic mass is 19.1. The summed E-state index contributed by atoms with van der Waals surface area (Å²) in [6, 6.07) is 4.47. The topological polar surface area (TPSA) is 70.3 Å². The molecule has 0 saturated heterocycles. The van der Waals surface area contributed by atoms with Crippen molar-refractivity contribution in [3.63, 3.8) is 0 Å². The van der Waals surface area contributed by atoms with Gasteiger partial charge in [-0.2, -0.15) is 4.98 Å². The van der Waals surface area contributed by atoms with Gasteiger partial charge in [-0.1, -0.05) is 0 Å². The van der Waals surface area contributed by atoms with Gasteiger partial charge in [0.15, 0.2) is 5.82 Å². The SMILES string of the molecule is COc1ccnc(-c2cc(F)cc3c2OC(CN)C3)n1. The van der Waals surface area contributed by atoms with E-state index in [9.17, 15) is 4.39 Å². The van der Waals surface area contributed by atoms with Gasteiger partial charge in [0.2, 0.25) is 5.88 Å². The van der Waals surface area contributed by atoms with Crippen LogP contribution in [0.3, 0.4) is 0 Å². The van der Waals surface area contributed by atoms with Crippen molar-refractivity contribution in [2.24, 2.45) is 5.73 Å². The maximum atomic E-state index is 13.7. The average molecular weight is 275 g/mol. The normalized spacial score (nSPS) is 16.6. The first-order valence-electron chi connectivity index (χ1n) is 6.28. The number of ether oxygens (including phenoxy) is 2.